The summed E-state index contributed by atoms with van der Waals surface area (Å²) in [5.41, 5.74) is 0. The van der Waals surface area contributed by atoms with E-state index < -0.39 is 0 Å². The van der Waals surface area contributed by atoms with Crippen LogP contribution in [0.3, 0.4) is 0 Å². The fourth-order valence-corrected chi connectivity index (χ4v) is 0.400. The molecule has 0 spiro atoms. The van der Waals surface area contributed by atoms with E-state index in [0.29, 0.717) is 13.2 Å². The van der Waals surface area contributed by atoms with Gasteiger partial charge in [0.15, 0.2) is 0 Å². The monoisotopic (exact) mass is 131 g/mol. The first-order valence-corrected chi connectivity index (χ1v) is 2.94. The van der Waals surface area contributed by atoms with Crippen LogP contribution in [0.2, 0.25) is 0 Å². The van der Waals surface area contributed by atoms with Crippen molar-refractivity contribution in [3.05, 3.63) is 12.8 Å². The van der Waals surface area contributed by atoms with Gasteiger partial charge in [-0.3, -0.25) is 0 Å². The van der Waals surface area contributed by atoms with Gasteiger partial charge in [-0.15, -0.1) is 0 Å². The Labute approximate surface area is 55.3 Å². The molecule has 0 aliphatic heterocycles. The molecule has 3 heteroatoms. The van der Waals surface area contributed by atoms with Crippen molar-refractivity contribution in [1.29, 1.82) is 0 Å². The highest BCUT2D eigenvalue weighted by molar-refractivity contribution is 4.61. The predicted molar refractivity (Wildman–Crippen MR) is 36.1 cm³/mol. The highest BCUT2D eigenvalue weighted by Gasteiger charge is 1.82. The van der Waals surface area contributed by atoms with Gasteiger partial charge >= 0.3 is 0 Å². The number of aliphatic hydroxyl groups excluding tert-OH is 1. The number of aliphatic hydroxyl groups is 1. The second-order valence-electron chi connectivity index (χ2n) is 1.49. The van der Waals surface area contributed by atoms with E-state index in [1.54, 1.807) is 6.20 Å². The van der Waals surface area contributed by atoms with Crippen LogP contribution in [0.4, 0.5) is 0 Å². The minimum Gasteiger partial charge on any atom is -0.394 e. The van der Waals surface area contributed by atoms with E-state index in [0.717, 1.165) is 6.54 Å². The van der Waals surface area contributed by atoms with Gasteiger partial charge in [0.05, 0.1) is 19.8 Å². The average Bonchev–Trinajstić information content (AvgIpc) is 1.89. The topological polar surface area (TPSA) is 41.5 Å². The van der Waals surface area contributed by atoms with Gasteiger partial charge in [0.25, 0.3) is 0 Å². The molecule has 0 aliphatic carbocycles. The van der Waals surface area contributed by atoms with E-state index >= 15 is 0 Å². The zero-order valence-corrected chi connectivity index (χ0v) is 5.47. The summed E-state index contributed by atoms with van der Waals surface area (Å²) in [6.45, 7) is 5.34. The fraction of sp³-hybridized carbons (Fsp3) is 0.667. The molecule has 0 atom stereocenters. The summed E-state index contributed by atoms with van der Waals surface area (Å²) in [4.78, 5) is 0. The predicted octanol–water partition coefficient (Wildman–Crippen LogP) is -0.272. The van der Waals surface area contributed by atoms with E-state index in [1.807, 2.05) is 0 Å². The molecule has 0 aromatic rings. The molecular weight excluding hydrogens is 118 g/mol. The Morgan fingerprint density at radius 3 is 2.89 bits per heavy atom. The molecular formula is C6H13NO2. The van der Waals surface area contributed by atoms with Gasteiger partial charge in [0.1, 0.15) is 0 Å². The molecule has 2 N–H and O–H groups in total. The van der Waals surface area contributed by atoms with E-state index in [1.165, 1.54) is 0 Å². The SMILES string of the molecule is C=CNCCOCCO. The molecule has 0 amide bonds. The lowest BCUT2D eigenvalue weighted by molar-refractivity contribution is 0.0953. The molecule has 0 aromatic heterocycles. The van der Waals surface area contributed by atoms with Crippen molar-refractivity contribution in [2.45, 2.75) is 0 Å². The summed E-state index contributed by atoms with van der Waals surface area (Å²) < 4.78 is 4.92. The van der Waals surface area contributed by atoms with Crippen LogP contribution in [-0.2, 0) is 4.74 Å². The van der Waals surface area contributed by atoms with E-state index in [-0.39, 0.29) is 6.61 Å². The molecule has 0 saturated heterocycles. The first-order chi connectivity index (χ1) is 4.41. The minimum absolute atomic E-state index is 0.0914. The van der Waals surface area contributed by atoms with Crippen LogP contribution >= 0.6 is 0 Å². The highest BCUT2D eigenvalue weighted by atomic mass is 16.5. The van der Waals surface area contributed by atoms with Gasteiger partial charge in [0, 0.05) is 6.54 Å². The minimum atomic E-state index is 0.0914. The third kappa shape index (κ3) is 7.46. The smallest absolute Gasteiger partial charge is 0.0698 e. The first kappa shape index (κ1) is 8.46. The zero-order chi connectivity index (χ0) is 6.95. The zero-order valence-electron chi connectivity index (χ0n) is 5.47. The molecule has 0 saturated carbocycles. The maximum Gasteiger partial charge on any atom is 0.0698 e. The lowest BCUT2D eigenvalue weighted by Gasteiger charge is -2.00. The van der Waals surface area contributed by atoms with Crippen LogP contribution in [0.5, 0.6) is 0 Å². The molecule has 0 fully saturated rings. The molecule has 54 valence electrons. The van der Waals surface area contributed by atoms with Crippen molar-refractivity contribution >= 4 is 0 Å². The number of ether oxygens (including phenoxy) is 1. The molecule has 0 radical (unpaired) electrons. The van der Waals surface area contributed by atoms with Crippen molar-refractivity contribution in [1.82, 2.24) is 5.32 Å². The lowest BCUT2D eigenvalue weighted by Crippen LogP contribution is -2.14. The molecule has 0 aromatic carbocycles. The molecule has 3 nitrogen and oxygen atoms in total. The van der Waals surface area contributed by atoms with Gasteiger partial charge in [-0.2, -0.15) is 0 Å². The molecule has 0 bridgehead atoms. The van der Waals surface area contributed by atoms with Crippen LogP contribution in [0.25, 0.3) is 0 Å². The van der Waals surface area contributed by atoms with Gasteiger partial charge in [-0.05, 0) is 6.20 Å². The van der Waals surface area contributed by atoms with Crippen molar-refractivity contribution in [2.75, 3.05) is 26.4 Å². The van der Waals surface area contributed by atoms with E-state index in [2.05, 4.69) is 11.9 Å². The summed E-state index contributed by atoms with van der Waals surface area (Å²) >= 11 is 0. The summed E-state index contributed by atoms with van der Waals surface area (Å²) in [6.07, 6.45) is 1.61. The van der Waals surface area contributed by atoms with Crippen LogP contribution in [0, 0.1) is 0 Å². The third-order valence-corrected chi connectivity index (χ3v) is 0.771. The highest BCUT2D eigenvalue weighted by Crippen LogP contribution is 1.70. The maximum atomic E-state index is 8.26. The largest absolute Gasteiger partial charge is 0.394 e. The van der Waals surface area contributed by atoms with Crippen molar-refractivity contribution < 1.29 is 9.84 Å². The number of rotatable bonds is 6. The van der Waals surface area contributed by atoms with Crippen LogP contribution in [0.15, 0.2) is 12.8 Å². The van der Waals surface area contributed by atoms with Gasteiger partial charge in [-0.25, -0.2) is 0 Å². The average molecular weight is 131 g/mol. The van der Waals surface area contributed by atoms with Gasteiger partial charge in [0.2, 0.25) is 0 Å². The Bertz CT molecular complexity index is 66.1. The van der Waals surface area contributed by atoms with E-state index in [9.17, 15) is 0 Å². The van der Waals surface area contributed by atoms with Crippen LogP contribution in [0.1, 0.15) is 0 Å². The lowest BCUT2D eigenvalue weighted by atomic mass is 10.6. The summed E-state index contributed by atoms with van der Waals surface area (Å²) in [7, 11) is 0. The Morgan fingerprint density at radius 2 is 2.33 bits per heavy atom. The van der Waals surface area contributed by atoms with Crippen molar-refractivity contribution in [2.24, 2.45) is 0 Å². The standard InChI is InChI=1S/C6H13NO2/c1-2-7-3-5-9-6-4-8/h2,7-8H,1,3-6H2. The maximum absolute atomic E-state index is 8.26. The Kier molecular flexibility index (Phi) is 7.01. The Hall–Kier alpha value is -0.540. The second-order valence-corrected chi connectivity index (χ2v) is 1.49. The molecule has 9 heavy (non-hydrogen) atoms. The molecule has 0 rings (SSSR count). The van der Waals surface area contributed by atoms with Gasteiger partial charge < -0.3 is 15.2 Å². The molecule has 0 heterocycles. The second kappa shape index (κ2) is 7.46. The Morgan fingerprint density at radius 1 is 1.56 bits per heavy atom. The quantitative estimate of drug-likeness (QED) is 0.487. The van der Waals surface area contributed by atoms with Crippen LogP contribution < -0.4 is 5.32 Å². The van der Waals surface area contributed by atoms with Gasteiger partial charge in [-0.1, -0.05) is 6.58 Å². The van der Waals surface area contributed by atoms with Crippen molar-refractivity contribution in [3.8, 4) is 0 Å². The normalized spacial score (nSPS) is 9.00. The number of hydrogen-bond donors (Lipinski definition) is 2. The van der Waals surface area contributed by atoms with E-state index in [4.69, 9.17) is 9.84 Å². The molecule has 0 unspecified atom stereocenters. The Balaban J connectivity index is 2.66. The molecule has 0 aliphatic rings. The fourth-order valence-electron chi connectivity index (χ4n) is 0.400. The van der Waals surface area contributed by atoms with Crippen LogP contribution in [-0.4, -0.2) is 31.5 Å². The first-order valence-electron chi connectivity index (χ1n) is 2.94. The summed E-state index contributed by atoms with van der Waals surface area (Å²) in [5, 5.41) is 11.1. The third-order valence-electron chi connectivity index (χ3n) is 0.771. The summed E-state index contributed by atoms with van der Waals surface area (Å²) in [5.74, 6) is 0. The van der Waals surface area contributed by atoms with Crippen molar-refractivity contribution in [3.63, 3.8) is 0 Å². The number of nitrogens with one attached hydrogen (secondary N) is 1. The number of hydrogen-bond acceptors (Lipinski definition) is 3. The summed E-state index contributed by atoms with van der Waals surface area (Å²) in [6, 6.07) is 0.